The summed E-state index contributed by atoms with van der Waals surface area (Å²) in [5, 5.41) is 3.18. The van der Waals surface area contributed by atoms with Crippen LogP contribution in [-0.4, -0.2) is 19.1 Å². The number of hydrogen-bond donors (Lipinski definition) is 1. The molecule has 27 heavy (non-hydrogen) atoms. The van der Waals surface area contributed by atoms with E-state index in [1.165, 1.54) is 0 Å². The molecule has 0 saturated carbocycles. The molecule has 146 valence electrons. The van der Waals surface area contributed by atoms with E-state index in [0.29, 0.717) is 12.3 Å². The van der Waals surface area contributed by atoms with E-state index < -0.39 is 6.10 Å². The standard InChI is InChI=1S/C23H31NO3/c1-6-22(27-20-9-7-8-17(4)15-20)23(25)24-21(14-16(2)3)18-10-12-19(26-5)13-11-18/h7-13,15-16,21-22H,6,14H2,1-5H3,(H,24,25)/t21-,22-/m0/s1. The van der Waals surface area contributed by atoms with Crippen LogP contribution in [0.25, 0.3) is 0 Å². The van der Waals surface area contributed by atoms with Crippen molar-refractivity contribution in [3.8, 4) is 11.5 Å². The summed E-state index contributed by atoms with van der Waals surface area (Å²) in [7, 11) is 1.65. The van der Waals surface area contributed by atoms with E-state index in [0.717, 1.165) is 29.0 Å². The van der Waals surface area contributed by atoms with Gasteiger partial charge in [-0.15, -0.1) is 0 Å². The van der Waals surface area contributed by atoms with Crippen LogP contribution in [0.2, 0.25) is 0 Å². The van der Waals surface area contributed by atoms with Crippen LogP contribution in [0, 0.1) is 12.8 Å². The average Bonchev–Trinajstić information content (AvgIpc) is 2.65. The number of ether oxygens (including phenoxy) is 2. The molecule has 4 nitrogen and oxygen atoms in total. The van der Waals surface area contributed by atoms with Crippen molar-refractivity contribution >= 4 is 5.91 Å². The van der Waals surface area contributed by atoms with Crippen molar-refractivity contribution in [2.24, 2.45) is 5.92 Å². The first kappa shape index (κ1) is 20.8. The number of aryl methyl sites for hydroxylation is 1. The van der Waals surface area contributed by atoms with Gasteiger partial charge in [-0.3, -0.25) is 4.79 Å². The van der Waals surface area contributed by atoms with Gasteiger partial charge < -0.3 is 14.8 Å². The van der Waals surface area contributed by atoms with Crippen molar-refractivity contribution in [1.29, 1.82) is 0 Å². The van der Waals surface area contributed by atoms with E-state index in [2.05, 4.69) is 19.2 Å². The van der Waals surface area contributed by atoms with Crippen LogP contribution in [0.1, 0.15) is 50.8 Å². The maximum atomic E-state index is 12.9. The van der Waals surface area contributed by atoms with Gasteiger partial charge in [0.1, 0.15) is 11.5 Å². The van der Waals surface area contributed by atoms with Gasteiger partial charge >= 0.3 is 0 Å². The van der Waals surface area contributed by atoms with E-state index in [9.17, 15) is 4.79 Å². The topological polar surface area (TPSA) is 47.6 Å². The number of benzene rings is 2. The molecule has 0 radical (unpaired) electrons. The molecule has 0 aliphatic rings. The molecule has 0 bridgehead atoms. The molecule has 0 aliphatic carbocycles. The van der Waals surface area contributed by atoms with Crippen molar-refractivity contribution in [2.45, 2.75) is 52.7 Å². The van der Waals surface area contributed by atoms with Gasteiger partial charge in [-0.1, -0.05) is 45.0 Å². The second-order valence-electron chi connectivity index (χ2n) is 7.30. The van der Waals surface area contributed by atoms with Gasteiger partial charge in [0, 0.05) is 0 Å². The third-order valence-corrected chi connectivity index (χ3v) is 4.47. The highest BCUT2D eigenvalue weighted by molar-refractivity contribution is 5.81. The van der Waals surface area contributed by atoms with Crippen LogP contribution in [0.5, 0.6) is 11.5 Å². The highest BCUT2D eigenvalue weighted by Gasteiger charge is 2.23. The van der Waals surface area contributed by atoms with Crippen molar-refractivity contribution in [3.05, 3.63) is 59.7 Å². The molecular weight excluding hydrogens is 338 g/mol. The summed E-state index contributed by atoms with van der Waals surface area (Å²) in [6, 6.07) is 15.6. The SMILES string of the molecule is CC[C@H](Oc1cccc(C)c1)C(=O)N[C@@H](CC(C)C)c1ccc(OC)cc1. The van der Waals surface area contributed by atoms with Crippen LogP contribution in [0.15, 0.2) is 48.5 Å². The Balaban J connectivity index is 2.12. The Morgan fingerprint density at radius 3 is 2.33 bits per heavy atom. The number of nitrogens with one attached hydrogen (secondary N) is 1. The van der Waals surface area contributed by atoms with Gasteiger partial charge in [0.25, 0.3) is 5.91 Å². The normalized spacial score (nSPS) is 13.1. The Bertz CT molecular complexity index is 725. The van der Waals surface area contributed by atoms with Gasteiger partial charge in [0.15, 0.2) is 6.10 Å². The lowest BCUT2D eigenvalue weighted by Gasteiger charge is -2.25. The summed E-state index contributed by atoms with van der Waals surface area (Å²) in [6.07, 6.45) is 0.954. The fourth-order valence-electron chi connectivity index (χ4n) is 3.03. The molecule has 2 aromatic rings. The third-order valence-electron chi connectivity index (χ3n) is 4.47. The smallest absolute Gasteiger partial charge is 0.261 e. The number of methoxy groups -OCH3 is 1. The van der Waals surface area contributed by atoms with Crippen molar-refractivity contribution in [3.63, 3.8) is 0 Å². The van der Waals surface area contributed by atoms with E-state index >= 15 is 0 Å². The van der Waals surface area contributed by atoms with Crippen molar-refractivity contribution in [2.75, 3.05) is 7.11 Å². The summed E-state index contributed by atoms with van der Waals surface area (Å²) >= 11 is 0. The molecule has 0 aromatic heterocycles. The number of carbonyl (C=O) groups excluding carboxylic acids is 1. The third kappa shape index (κ3) is 6.31. The number of rotatable bonds is 9. The number of hydrogen-bond acceptors (Lipinski definition) is 3. The molecule has 2 atom stereocenters. The monoisotopic (exact) mass is 369 g/mol. The molecular formula is C23H31NO3. The maximum Gasteiger partial charge on any atom is 0.261 e. The largest absolute Gasteiger partial charge is 0.497 e. The molecule has 0 unspecified atom stereocenters. The average molecular weight is 370 g/mol. The summed E-state index contributed by atoms with van der Waals surface area (Å²) in [4.78, 5) is 12.9. The predicted molar refractivity (Wildman–Crippen MR) is 109 cm³/mol. The highest BCUT2D eigenvalue weighted by atomic mass is 16.5. The summed E-state index contributed by atoms with van der Waals surface area (Å²) < 4.78 is 11.2. The summed E-state index contributed by atoms with van der Waals surface area (Å²) in [5.41, 5.74) is 2.18. The second kappa shape index (κ2) is 10.0. The summed E-state index contributed by atoms with van der Waals surface area (Å²) in [6.45, 7) is 8.29. The first-order valence-corrected chi connectivity index (χ1v) is 9.60. The number of amides is 1. The van der Waals surface area contributed by atoms with Crippen LogP contribution < -0.4 is 14.8 Å². The first-order chi connectivity index (χ1) is 12.9. The lowest BCUT2D eigenvalue weighted by Crippen LogP contribution is -2.40. The Kier molecular flexibility index (Phi) is 7.71. The lowest BCUT2D eigenvalue weighted by molar-refractivity contribution is -0.129. The van der Waals surface area contributed by atoms with Crippen molar-refractivity contribution in [1.82, 2.24) is 5.32 Å². The molecule has 1 amide bonds. The van der Waals surface area contributed by atoms with E-state index in [-0.39, 0.29) is 11.9 Å². The molecule has 0 fully saturated rings. The van der Waals surface area contributed by atoms with Gasteiger partial charge in [0.05, 0.1) is 13.2 Å². The minimum Gasteiger partial charge on any atom is -0.497 e. The Morgan fingerprint density at radius 2 is 1.78 bits per heavy atom. The molecule has 2 rings (SSSR count). The Hall–Kier alpha value is -2.49. The van der Waals surface area contributed by atoms with Crippen molar-refractivity contribution < 1.29 is 14.3 Å². The van der Waals surface area contributed by atoms with Gasteiger partial charge in [0.2, 0.25) is 0 Å². The molecule has 1 N–H and O–H groups in total. The molecule has 0 saturated heterocycles. The van der Waals surface area contributed by atoms with Gasteiger partial charge in [-0.2, -0.15) is 0 Å². The lowest BCUT2D eigenvalue weighted by atomic mass is 9.96. The van der Waals surface area contributed by atoms with Crippen LogP contribution in [0.4, 0.5) is 0 Å². The van der Waals surface area contributed by atoms with Crippen LogP contribution >= 0.6 is 0 Å². The second-order valence-corrected chi connectivity index (χ2v) is 7.30. The van der Waals surface area contributed by atoms with Gasteiger partial charge in [-0.05, 0) is 61.1 Å². The van der Waals surface area contributed by atoms with Crippen LogP contribution in [-0.2, 0) is 4.79 Å². The highest BCUT2D eigenvalue weighted by Crippen LogP contribution is 2.24. The Labute approximate surface area is 162 Å². The molecule has 2 aromatic carbocycles. The maximum absolute atomic E-state index is 12.9. The first-order valence-electron chi connectivity index (χ1n) is 9.60. The Morgan fingerprint density at radius 1 is 1.07 bits per heavy atom. The zero-order chi connectivity index (χ0) is 19.8. The molecule has 0 heterocycles. The predicted octanol–water partition coefficient (Wildman–Crippen LogP) is 5.06. The minimum absolute atomic E-state index is 0.0569. The molecule has 0 spiro atoms. The van der Waals surface area contributed by atoms with Gasteiger partial charge in [-0.25, -0.2) is 0 Å². The molecule has 0 aliphatic heterocycles. The van der Waals surface area contributed by atoms with E-state index in [1.54, 1.807) is 7.11 Å². The van der Waals surface area contributed by atoms with E-state index in [4.69, 9.17) is 9.47 Å². The zero-order valence-corrected chi connectivity index (χ0v) is 17.0. The fourth-order valence-corrected chi connectivity index (χ4v) is 3.03. The minimum atomic E-state index is -0.514. The molecule has 4 heteroatoms. The van der Waals surface area contributed by atoms with E-state index in [1.807, 2.05) is 62.4 Å². The number of carbonyl (C=O) groups is 1. The fraction of sp³-hybridized carbons (Fsp3) is 0.435. The zero-order valence-electron chi connectivity index (χ0n) is 17.0. The van der Waals surface area contributed by atoms with Crippen LogP contribution in [0.3, 0.4) is 0 Å². The quantitative estimate of drug-likeness (QED) is 0.672. The summed E-state index contributed by atoms with van der Waals surface area (Å²) in [5.74, 6) is 1.90.